The number of fused-ring (bicyclic) bond motifs is 1. The number of benzene rings is 6. The molecule has 0 aliphatic carbocycles. The SMILES string of the molecule is Cc1cc(C)nc(-c2ccc(-c3cc(-c4cc(-c5ccccc5)nc(-c5ccccc5)c4)cc(-c4cccc5ccccc45)c3)cc2)n1. The summed E-state index contributed by atoms with van der Waals surface area (Å²) in [5.74, 6) is 0.753. The molecule has 8 rings (SSSR count). The zero-order chi connectivity index (χ0) is 32.5. The van der Waals surface area contributed by atoms with Gasteiger partial charge in [0, 0.05) is 28.1 Å². The summed E-state index contributed by atoms with van der Waals surface area (Å²) in [4.78, 5) is 14.5. The third-order valence-corrected chi connectivity index (χ3v) is 8.79. The van der Waals surface area contributed by atoms with Crippen molar-refractivity contribution in [2.75, 3.05) is 0 Å². The Morgan fingerprint density at radius 2 is 0.833 bits per heavy atom. The first kappa shape index (κ1) is 29.2. The molecule has 228 valence electrons. The molecule has 8 aromatic rings. The van der Waals surface area contributed by atoms with Crippen LogP contribution in [0.3, 0.4) is 0 Å². The van der Waals surface area contributed by atoms with Crippen molar-refractivity contribution in [1.82, 2.24) is 15.0 Å². The summed E-state index contributed by atoms with van der Waals surface area (Å²) in [7, 11) is 0. The van der Waals surface area contributed by atoms with Crippen LogP contribution in [-0.2, 0) is 0 Å². The predicted octanol–water partition coefficient (Wildman–Crippen LogP) is 11.6. The van der Waals surface area contributed by atoms with Gasteiger partial charge in [-0.15, -0.1) is 0 Å². The van der Waals surface area contributed by atoms with Crippen molar-refractivity contribution in [2.24, 2.45) is 0 Å². The largest absolute Gasteiger partial charge is 0.248 e. The van der Waals surface area contributed by atoms with Crippen molar-refractivity contribution in [3.8, 4) is 67.3 Å². The second-order valence-electron chi connectivity index (χ2n) is 12.2. The lowest BCUT2D eigenvalue weighted by Gasteiger charge is -2.15. The van der Waals surface area contributed by atoms with Gasteiger partial charge in [-0.3, -0.25) is 0 Å². The van der Waals surface area contributed by atoms with Crippen molar-refractivity contribution in [2.45, 2.75) is 13.8 Å². The number of aromatic nitrogens is 3. The molecule has 48 heavy (non-hydrogen) atoms. The van der Waals surface area contributed by atoms with Crippen molar-refractivity contribution >= 4 is 10.8 Å². The molecule has 3 nitrogen and oxygen atoms in total. The minimum absolute atomic E-state index is 0.753. The molecule has 0 aliphatic heterocycles. The van der Waals surface area contributed by atoms with Gasteiger partial charge in [-0.05, 0) is 94.4 Å². The van der Waals surface area contributed by atoms with E-state index in [1.165, 1.54) is 21.9 Å². The first-order valence-corrected chi connectivity index (χ1v) is 16.3. The van der Waals surface area contributed by atoms with E-state index in [4.69, 9.17) is 15.0 Å². The highest BCUT2D eigenvalue weighted by atomic mass is 14.9. The summed E-state index contributed by atoms with van der Waals surface area (Å²) in [6, 6.07) is 58.0. The second-order valence-corrected chi connectivity index (χ2v) is 12.2. The first-order valence-electron chi connectivity index (χ1n) is 16.3. The van der Waals surface area contributed by atoms with Crippen LogP contribution >= 0.6 is 0 Å². The molecular formula is C45H33N3. The zero-order valence-corrected chi connectivity index (χ0v) is 26.9. The quantitative estimate of drug-likeness (QED) is 0.187. The van der Waals surface area contributed by atoms with Crippen LogP contribution in [0.2, 0.25) is 0 Å². The predicted molar refractivity (Wildman–Crippen MR) is 199 cm³/mol. The second kappa shape index (κ2) is 12.5. The van der Waals surface area contributed by atoms with Crippen molar-refractivity contribution in [3.63, 3.8) is 0 Å². The van der Waals surface area contributed by atoms with Gasteiger partial charge in [0.05, 0.1) is 11.4 Å². The Balaban J connectivity index is 1.33. The average molecular weight is 616 g/mol. The summed E-state index contributed by atoms with van der Waals surface area (Å²) in [6.07, 6.45) is 0. The molecule has 2 heterocycles. The molecule has 0 spiro atoms. The van der Waals surface area contributed by atoms with E-state index in [1.807, 2.05) is 32.0 Å². The number of pyridine rings is 1. The number of nitrogens with zero attached hydrogens (tertiary/aromatic N) is 3. The lowest BCUT2D eigenvalue weighted by molar-refractivity contribution is 1.06. The van der Waals surface area contributed by atoms with E-state index >= 15 is 0 Å². The molecule has 0 aliphatic rings. The fraction of sp³-hybridized carbons (Fsp3) is 0.0444. The standard InChI is InChI=1S/C45H33N3/c1-30-24-31(2)47-45(46-30)36-22-20-32(21-23-36)37-25-38(27-40(26-37)42-19-11-17-33-12-9-10-18-41(33)42)39-28-43(34-13-5-3-6-14-34)48-44(29-39)35-15-7-4-8-16-35/h3-29H,1-2H3. The molecule has 0 unspecified atom stereocenters. The fourth-order valence-electron chi connectivity index (χ4n) is 6.47. The van der Waals surface area contributed by atoms with Gasteiger partial charge in [0.15, 0.2) is 5.82 Å². The van der Waals surface area contributed by atoms with Gasteiger partial charge in [-0.1, -0.05) is 127 Å². The van der Waals surface area contributed by atoms with Crippen LogP contribution in [0.4, 0.5) is 0 Å². The topological polar surface area (TPSA) is 38.7 Å². The van der Waals surface area contributed by atoms with E-state index in [0.717, 1.165) is 67.5 Å². The van der Waals surface area contributed by atoms with E-state index in [0.29, 0.717) is 0 Å². The minimum atomic E-state index is 0.753. The number of aryl methyl sites for hydroxylation is 2. The van der Waals surface area contributed by atoms with Crippen LogP contribution in [0.1, 0.15) is 11.4 Å². The summed E-state index contributed by atoms with van der Waals surface area (Å²) >= 11 is 0. The molecule has 6 aromatic carbocycles. The van der Waals surface area contributed by atoms with Gasteiger partial charge in [-0.2, -0.15) is 0 Å². The summed E-state index contributed by atoms with van der Waals surface area (Å²) in [6.45, 7) is 4.02. The van der Waals surface area contributed by atoms with Gasteiger partial charge >= 0.3 is 0 Å². The maximum atomic E-state index is 5.14. The Hall–Kier alpha value is -6.19. The Kier molecular flexibility index (Phi) is 7.64. The summed E-state index contributed by atoms with van der Waals surface area (Å²) in [5, 5.41) is 2.46. The van der Waals surface area contributed by atoms with Crippen LogP contribution < -0.4 is 0 Å². The molecular weight excluding hydrogens is 583 g/mol. The number of hydrogen-bond acceptors (Lipinski definition) is 3. The molecule has 0 bridgehead atoms. The van der Waals surface area contributed by atoms with Crippen LogP contribution in [-0.4, -0.2) is 15.0 Å². The maximum Gasteiger partial charge on any atom is 0.159 e. The highest BCUT2D eigenvalue weighted by Crippen LogP contribution is 2.38. The van der Waals surface area contributed by atoms with Crippen LogP contribution in [0.25, 0.3) is 78.1 Å². The molecule has 3 heteroatoms. The smallest absolute Gasteiger partial charge is 0.159 e. The van der Waals surface area contributed by atoms with Gasteiger partial charge in [0.25, 0.3) is 0 Å². The summed E-state index contributed by atoms with van der Waals surface area (Å²) < 4.78 is 0. The van der Waals surface area contributed by atoms with Gasteiger partial charge in [0.1, 0.15) is 0 Å². The molecule has 0 fully saturated rings. The maximum absolute atomic E-state index is 5.14. The first-order chi connectivity index (χ1) is 23.6. The van der Waals surface area contributed by atoms with Gasteiger partial charge < -0.3 is 0 Å². The lowest BCUT2D eigenvalue weighted by Crippen LogP contribution is -1.94. The minimum Gasteiger partial charge on any atom is -0.248 e. The summed E-state index contributed by atoms with van der Waals surface area (Å²) in [5.41, 5.74) is 13.9. The molecule has 0 saturated carbocycles. The van der Waals surface area contributed by atoms with Crippen molar-refractivity contribution in [3.05, 3.63) is 175 Å². The third-order valence-electron chi connectivity index (χ3n) is 8.79. The van der Waals surface area contributed by atoms with Gasteiger partial charge in [-0.25, -0.2) is 15.0 Å². The van der Waals surface area contributed by atoms with Crippen molar-refractivity contribution in [1.29, 1.82) is 0 Å². The van der Waals surface area contributed by atoms with E-state index in [9.17, 15) is 0 Å². The van der Waals surface area contributed by atoms with Crippen LogP contribution in [0, 0.1) is 13.8 Å². The van der Waals surface area contributed by atoms with E-state index in [1.54, 1.807) is 0 Å². The highest BCUT2D eigenvalue weighted by Gasteiger charge is 2.14. The van der Waals surface area contributed by atoms with E-state index in [-0.39, 0.29) is 0 Å². The number of hydrogen-bond donors (Lipinski definition) is 0. The molecule has 0 saturated heterocycles. The Labute approximate surface area is 281 Å². The average Bonchev–Trinajstić information content (AvgIpc) is 3.14. The molecule has 0 atom stereocenters. The van der Waals surface area contributed by atoms with E-state index < -0.39 is 0 Å². The Morgan fingerprint density at radius 3 is 1.48 bits per heavy atom. The fourth-order valence-corrected chi connectivity index (χ4v) is 6.47. The molecule has 0 radical (unpaired) electrons. The zero-order valence-electron chi connectivity index (χ0n) is 26.9. The lowest BCUT2D eigenvalue weighted by atomic mass is 9.90. The molecule has 0 N–H and O–H groups in total. The highest BCUT2D eigenvalue weighted by molar-refractivity contribution is 5.98. The Morgan fingerprint density at radius 1 is 0.333 bits per heavy atom. The third kappa shape index (κ3) is 5.90. The van der Waals surface area contributed by atoms with E-state index in [2.05, 4.69) is 146 Å². The van der Waals surface area contributed by atoms with Crippen molar-refractivity contribution < 1.29 is 0 Å². The van der Waals surface area contributed by atoms with Gasteiger partial charge in [0.2, 0.25) is 0 Å². The molecule has 0 amide bonds. The normalized spacial score (nSPS) is 11.1. The number of rotatable bonds is 6. The molecule has 2 aromatic heterocycles. The van der Waals surface area contributed by atoms with Crippen LogP contribution in [0.15, 0.2) is 164 Å². The Bertz CT molecular complexity index is 2310. The van der Waals surface area contributed by atoms with Crippen LogP contribution in [0.5, 0.6) is 0 Å². The monoisotopic (exact) mass is 615 g/mol.